The van der Waals surface area contributed by atoms with Gasteiger partial charge in [-0.05, 0) is 13.3 Å². The number of carbonyl (C=O) groups is 2. The molecule has 2 aromatic rings. The fourth-order valence-corrected chi connectivity index (χ4v) is 4.39. The van der Waals surface area contributed by atoms with Gasteiger partial charge in [0.1, 0.15) is 19.2 Å². The Morgan fingerprint density at radius 3 is 1.65 bits per heavy atom. The molecule has 0 aliphatic rings. The van der Waals surface area contributed by atoms with Crippen LogP contribution in [0.15, 0.2) is 60.7 Å². The van der Waals surface area contributed by atoms with Crippen molar-refractivity contribution < 1.29 is 14.2 Å². The molecular weight excluding hydrogens is 307 g/mol. The lowest BCUT2D eigenvalue weighted by Crippen LogP contribution is -2.18. The number of ketones is 1. The maximum Gasteiger partial charge on any atom is 0.150 e. The molecule has 0 aliphatic heterocycles. The molecular formula is C19H23O3P. The smallest absolute Gasteiger partial charge is 0.150 e. The lowest BCUT2D eigenvalue weighted by molar-refractivity contribution is -0.117. The van der Waals surface area contributed by atoms with Gasteiger partial charge in [-0.2, -0.15) is 0 Å². The van der Waals surface area contributed by atoms with Crippen molar-refractivity contribution in [2.24, 2.45) is 0 Å². The summed E-state index contributed by atoms with van der Waals surface area (Å²) in [6.07, 6.45) is 2.51. The molecule has 0 amide bonds. The summed E-state index contributed by atoms with van der Waals surface area (Å²) in [5, 5.41) is 1.47. The number of Topliss-reactive ketones (excluding diaryl/α,β-unsaturated/α-hetero) is 1. The first kappa shape index (κ1) is 19.1. The second kappa shape index (κ2) is 9.91. The van der Waals surface area contributed by atoms with Crippen LogP contribution < -0.4 is 10.6 Å². The van der Waals surface area contributed by atoms with Crippen LogP contribution in [0.5, 0.6) is 0 Å². The van der Waals surface area contributed by atoms with Crippen molar-refractivity contribution >= 4 is 29.8 Å². The van der Waals surface area contributed by atoms with E-state index < -0.39 is 7.14 Å². The Hall–Kier alpha value is -1.99. The third kappa shape index (κ3) is 5.96. The highest BCUT2D eigenvalue weighted by atomic mass is 31.2. The van der Waals surface area contributed by atoms with Crippen molar-refractivity contribution in [2.75, 3.05) is 6.16 Å². The Bertz CT molecular complexity index is 607. The molecule has 2 rings (SSSR count). The summed E-state index contributed by atoms with van der Waals surface area (Å²) in [6.45, 7) is 3.62. The van der Waals surface area contributed by atoms with Gasteiger partial charge in [-0.25, -0.2) is 0 Å². The number of aldehydes is 1. The van der Waals surface area contributed by atoms with E-state index in [9.17, 15) is 14.2 Å². The molecule has 0 saturated carbocycles. The summed E-state index contributed by atoms with van der Waals surface area (Å²) in [4.78, 5) is 20.8. The summed E-state index contributed by atoms with van der Waals surface area (Å²) in [5.41, 5.74) is 0. The fourth-order valence-electron chi connectivity index (χ4n) is 2.15. The van der Waals surface area contributed by atoms with Gasteiger partial charge >= 0.3 is 0 Å². The third-order valence-corrected chi connectivity index (χ3v) is 6.21. The van der Waals surface area contributed by atoms with Crippen LogP contribution in [0.25, 0.3) is 0 Å². The Balaban J connectivity index is 0.000000379. The van der Waals surface area contributed by atoms with Crippen LogP contribution in [0.2, 0.25) is 0 Å². The lowest BCUT2D eigenvalue weighted by Gasteiger charge is -2.16. The topological polar surface area (TPSA) is 51.2 Å². The molecule has 0 heterocycles. The van der Waals surface area contributed by atoms with Crippen LogP contribution in [0, 0.1) is 0 Å². The average molecular weight is 330 g/mol. The second-order valence-electron chi connectivity index (χ2n) is 5.21. The normalized spacial score (nSPS) is 10.3. The summed E-state index contributed by atoms with van der Waals surface area (Å²) in [6, 6.07) is 18.4. The minimum Gasteiger partial charge on any atom is -0.313 e. The van der Waals surface area contributed by atoms with Crippen LogP contribution in [0.3, 0.4) is 0 Å². The minimum atomic E-state index is -2.79. The van der Waals surface area contributed by atoms with Crippen molar-refractivity contribution in [3.63, 3.8) is 0 Å². The number of rotatable bonds is 6. The zero-order chi connectivity index (χ0) is 17.1. The molecule has 23 heavy (non-hydrogen) atoms. The van der Waals surface area contributed by atoms with E-state index in [1.54, 1.807) is 6.92 Å². The predicted octanol–water partition coefficient (Wildman–Crippen LogP) is 3.57. The Kier molecular flexibility index (Phi) is 8.21. The van der Waals surface area contributed by atoms with Crippen molar-refractivity contribution in [3.05, 3.63) is 60.7 Å². The molecule has 0 N–H and O–H groups in total. The number of hydrogen-bond donors (Lipinski definition) is 0. The molecule has 0 aromatic heterocycles. The molecule has 0 saturated heterocycles. The van der Waals surface area contributed by atoms with Gasteiger partial charge in [0.2, 0.25) is 0 Å². The molecule has 0 bridgehead atoms. The van der Waals surface area contributed by atoms with Crippen molar-refractivity contribution in [1.82, 2.24) is 0 Å². The first-order chi connectivity index (χ1) is 11.0. The SMILES string of the molecule is CCCC(C)=O.O=CCP(=O)(c1ccccc1)c1ccccc1. The highest BCUT2D eigenvalue weighted by Crippen LogP contribution is 2.41. The number of hydrogen-bond acceptors (Lipinski definition) is 3. The van der Waals surface area contributed by atoms with Crippen LogP contribution in [-0.4, -0.2) is 18.2 Å². The zero-order valence-electron chi connectivity index (χ0n) is 13.6. The van der Waals surface area contributed by atoms with Crippen LogP contribution in [-0.2, 0) is 14.2 Å². The summed E-state index contributed by atoms with van der Waals surface area (Å²) >= 11 is 0. The maximum atomic E-state index is 13.0. The van der Waals surface area contributed by atoms with Crippen molar-refractivity contribution in [3.8, 4) is 0 Å². The molecule has 4 heteroatoms. The average Bonchev–Trinajstić information content (AvgIpc) is 2.57. The van der Waals surface area contributed by atoms with E-state index in [0.717, 1.165) is 29.7 Å². The number of benzene rings is 2. The highest BCUT2D eigenvalue weighted by molar-refractivity contribution is 7.79. The van der Waals surface area contributed by atoms with Crippen LogP contribution in [0.4, 0.5) is 0 Å². The fraction of sp³-hybridized carbons (Fsp3) is 0.263. The van der Waals surface area contributed by atoms with Gasteiger partial charge in [0.25, 0.3) is 0 Å². The van der Waals surface area contributed by atoms with E-state index in [4.69, 9.17) is 0 Å². The Morgan fingerprint density at radius 1 is 0.957 bits per heavy atom. The van der Waals surface area contributed by atoms with E-state index in [1.807, 2.05) is 67.6 Å². The van der Waals surface area contributed by atoms with E-state index in [0.29, 0.717) is 0 Å². The molecule has 0 aliphatic carbocycles. The first-order valence-electron chi connectivity index (χ1n) is 7.68. The standard InChI is InChI=1S/C14H13O2P.C5H10O/c15-11-12-17(16,13-7-3-1-4-8-13)14-9-5-2-6-10-14;1-3-4-5(2)6/h1-11H,12H2;3-4H2,1-2H3. The molecule has 0 spiro atoms. The minimum absolute atomic E-state index is 0.0566. The van der Waals surface area contributed by atoms with Gasteiger partial charge in [-0.1, -0.05) is 67.6 Å². The van der Waals surface area contributed by atoms with Crippen molar-refractivity contribution in [1.29, 1.82) is 0 Å². The van der Waals surface area contributed by atoms with Crippen molar-refractivity contribution in [2.45, 2.75) is 26.7 Å². The molecule has 122 valence electrons. The quantitative estimate of drug-likeness (QED) is 0.601. The largest absolute Gasteiger partial charge is 0.313 e. The summed E-state index contributed by atoms with van der Waals surface area (Å²) < 4.78 is 13.0. The first-order valence-corrected chi connectivity index (χ1v) is 9.57. The van der Waals surface area contributed by atoms with E-state index in [-0.39, 0.29) is 11.9 Å². The van der Waals surface area contributed by atoms with Gasteiger partial charge in [-0.3, -0.25) is 0 Å². The van der Waals surface area contributed by atoms with Gasteiger partial charge in [-0.15, -0.1) is 0 Å². The molecule has 0 fully saturated rings. The highest BCUT2D eigenvalue weighted by Gasteiger charge is 2.26. The summed E-state index contributed by atoms with van der Waals surface area (Å²) in [7, 11) is -2.79. The van der Waals surface area contributed by atoms with Crippen LogP contribution >= 0.6 is 7.14 Å². The van der Waals surface area contributed by atoms with Crippen LogP contribution in [0.1, 0.15) is 26.7 Å². The molecule has 0 unspecified atom stereocenters. The molecule has 0 atom stereocenters. The van der Waals surface area contributed by atoms with E-state index in [1.165, 1.54) is 0 Å². The predicted molar refractivity (Wildman–Crippen MR) is 96.3 cm³/mol. The lowest BCUT2D eigenvalue weighted by atomic mass is 10.3. The van der Waals surface area contributed by atoms with E-state index in [2.05, 4.69) is 0 Å². The summed E-state index contributed by atoms with van der Waals surface area (Å²) in [5.74, 6) is 0.289. The van der Waals surface area contributed by atoms with Gasteiger partial charge in [0, 0.05) is 17.0 Å². The Morgan fingerprint density at radius 2 is 1.39 bits per heavy atom. The van der Waals surface area contributed by atoms with E-state index >= 15 is 0 Å². The van der Waals surface area contributed by atoms with Gasteiger partial charge < -0.3 is 14.2 Å². The monoisotopic (exact) mass is 330 g/mol. The molecule has 0 radical (unpaired) electrons. The van der Waals surface area contributed by atoms with Gasteiger partial charge in [0.15, 0.2) is 0 Å². The third-order valence-electron chi connectivity index (χ3n) is 3.28. The Labute approximate surface area is 138 Å². The maximum absolute atomic E-state index is 13.0. The number of carbonyl (C=O) groups excluding carboxylic acids is 2. The molecule has 2 aromatic carbocycles. The zero-order valence-corrected chi connectivity index (χ0v) is 14.5. The second-order valence-corrected chi connectivity index (χ2v) is 8.09. The van der Waals surface area contributed by atoms with Gasteiger partial charge in [0.05, 0.1) is 6.16 Å². The molecule has 3 nitrogen and oxygen atoms in total.